The largest absolute Gasteiger partial charge is 0.0847 e. The zero-order valence-electron chi connectivity index (χ0n) is 15.4. The molecule has 0 aromatic rings. The summed E-state index contributed by atoms with van der Waals surface area (Å²) in [5.74, 6) is 15.5. The van der Waals surface area contributed by atoms with Crippen LogP contribution in [0.5, 0.6) is 0 Å². The Labute approximate surface area is 152 Å². The maximum Gasteiger partial charge on any atom is -0.0166 e. The molecular formula is C25H32. The monoisotopic (exact) mass is 332 g/mol. The number of allylic oxidation sites excluding steroid dienone is 2. The van der Waals surface area contributed by atoms with E-state index in [0.29, 0.717) is 0 Å². The fourth-order valence-electron chi connectivity index (χ4n) is 13.1. The topological polar surface area (TPSA) is 0 Å². The van der Waals surface area contributed by atoms with Crippen LogP contribution in [0.4, 0.5) is 0 Å². The van der Waals surface area contributed by atoms with Crippen molar-refractivity contribution in [1.82, 2.24) is 0 Å². The average molecular weight is 333 g/mol. The van der Waals surface area contributed by atoms with Gasteiger partial charge < -0.3 is 0 Å². The van der Waals surface area contributed by atoms with E-state index in [1.165, 1.54) is 77.9 Å². The predicted octanol–water partition coefficient (Wildman–Crippen LogP) is 5.54. The maximum atomic E-state index is 2.68. The zero-order chi connectivity index (χ0) is 15.7. The molecule has 14 unspecified atom stereocenters. The van der Waals surface area contributed by atoms with Gasteiger partial charge in [0, 0.05) is 0 Å². The Morgan fingerprint density at radius 2 is 1.64 bits per heavy atom. The van der Waals surface area contributed by atoms with Crippen LogP contribution in [0.15, 0.2) is 11.6 Å². The number of rotatable bonds is 0. The highest BCUT2D eigenvalue weighted by Crippen LogP contribution is 2.86. The fourth-order valence-corrected chi connectivity index (χ4v) is 13.1. The van der Waals surface area contributed by atoms with Crippen LogP contribution in [0.3, 0.4) is 0 Å². The van der Waals surface area contributed by atoms with E-state index in [0.717, 1.165) is 17.3 Å². The van der Waals surface area contributed by atoms with Crippen molar-refractivity contribution in [3.05, 3.63) is 11.6 Å². The lowest BCUT2D eigenvalue weighted by Crippen LogP contribution is -2.63. The molecule has 9 fully saturated rings. The Balaban J connectivity index is 1.14. The highest BCUT2D eigenvalue weighted by molar-refractivity contribution is 5.32. The van der Waals surface area contributed by atoms with Crippen LogP contribution in [0.2, 0.25) is 0 Å². The molecule has 10 rings (SSSR count). The van der Waals surface area contributed by atoms with Gasteiger partial charge in [0.15, 0.2) is 0 Å². The van der Waals surface area contributed by atoms with Crippen molar-refractivity contribution in [1.29, 1.82) is 0 Å². The first-order valence-electron chi connectivity index (χ1n) is 12.0. The minimum absolute atomic E-state index is 0.911. The standard InChI is InChI=1S/C25H32/c1-2-12-5-11(1)16-7-15-9-25-10-18(22(15)20(12)16)24(25)17-8-19(25)23-14-4-3-13(6-14)21(17)23/h1,12-24H,2-10H2. The number of hydrogen-bond acceptors (Lipinski definition) is 0. The Kier molecular flexibility index (Phi) is 1.92. The first-order valence-corrected chi connectivity index (χ1v) is 12.0. The van der Waals surface area contributed by atoms with Crippen molar-refractivity contribution in [2.24, 2.45) is 82.3 Å². The van der Waals surface area contributed by atoms with Gasteiger partial charge in [0.1, 0.15) is 0 Å². The molecule has 0 N–H and O–H groups in total. The highest BCUT2D eigenvalue weighted by Gasteiger charge is 2.79. The summed E-state index contributed by atoms with van der Waals surface area (Å²) in [7, 11) is 0. The van der Waals surface area contributed by atoms with Crippen molar-refractivity contribution in [3.8, 4) is 0 Å². The van der Waals surface area contributed by atoms with Crippen molar-refractivity contribution in [2.75, 3.05) is 0 Å². The number of hydrogen-bond donors (Lipinski definition) is 0. The van der Waals surface area contributed by atoms with Crippen LogP contribution in [0.25, 0.3) is 0 Å². The average Bonchev–Trinajstić information content (AvgIpc) is 3.38. The van der Waals surface area contributed by atoms with Gasteiger partial charge in [-0.05, 0) is 140 Å². The van der Waals surface area contributed by atoms with Crippen molar-refractivity contribution < 1.29 is 0 Å². The van der Waals surface area contributed by atoms with Gasteiger partial charge in [-0.2, -0.15) is 0 Å². The summed E-state index contributed by atoms with van der Waals surface area (Å²) >= 11 is 0. The molecule has 10 aliphatic rings. The van der Waals surface area contributed by atoms with Gasteiger partial charge in [-0.1, -0.05) is 11.6 Å². The van der Waals surface area contributed by atoms with Crippen LogP contribution < -0.4 is 0 Å². The summed E-state index contributed by atoms with van der Waals surface area (Å²) < 4.78 is 0. The second-order valence-corrected chi connectivity index (χ2v) is 12.6. The molecule has 0 aromatic heterocycles. The van der Waals surface area contributed by atoms with Gasteiger partial charge in [0.2, 0.25) is 0 Å². The van der Waals surface area contributed by atoms with E-state index in [-0.39, 0.29) is 0 Å². The Morgan fingerprint density at radius 1 is 0.760 bits per heavy atom. The van der Waals surface area contributed by atoms with E-state index >= 15 is 0 Å². The second kappa shape index (κ2) is 3.68. The van der Waals surface area contributed by atoms with E-state index in [9.17, 15) is 0 Å². The summed E-state index contributed by atoms with van der Waals surface area (Å²) in [4.78, 5) is 0. The molecular weight excluding hydrogens is 300 g/mol. The fraction of sp³-hybridized carbons (Fsp3) is 0.920. The lowest BCUT2D eigenvalue weighted by molar-refractivity contribution is -0.213. The van der Waals surface area contributed by atoms with Crippen LogP contribution >= 0.6 is 0 Å². The van der Waals surface area contributed by atoms with Crippen LogP contribution in [0, 0.1) is 82.3 Å². The summed E-state index contributed by atoms with van der Waals surface area (Å²) in [5, 5.41) is 0. The van der Waals surface area contributed by atoms with Crippen LogP contribution in [-0.4, -0.2) is 0 Å². The third-order valence-electron chi connectivity index (χ3n) is 12.8. The third kappa shape index (κ3) is 1.13. The number of fused-ring (bicyclic) bond motifs is 14. The minimum atomic E-state index is 0.911. The van der Waals surface area contributed by atoms with E-state index < -0.39 is 0 Å². The van der Waals surface area contributed by atoms with Gasteiger partial charge in [0.05, 0.1) is 0 Å². The van der Waals surface area contributed by atoms with Crippen molar-refractivity contribution in [2.45, 2.75) is 57.8 Å². The molecule has 0 heteroatoms. The molecule has 25 heavy (non-hydrogen) atoms. The molecule has 0 nitrogen and oxygen atoms in total. The third-order valence-corrected chi connectivity index (χ3v) is 12.8. The van der Waals surface area contributed by atoms with Crippen molar-refractivity contribution >= 4 is 0 Å². The molecule has 14 atom stereocenters. The molecule has 0 saturated heterocycles. The smallest absolute Gasteiger partial charge is 0.0166 e. The Bertz CT molecular complexity index is 732. The zero-order valence-corrected chi connectivity index (χ0v) is 15.4. The van der Waals surface area contributed by atoms with E-state index in [2.05, 4.69) is 6.08 Å². The van der Waals surface area contributed by atoms with Crippen LogP contribution in [0.1, 0.15) is 57.8 Å². The minimum Gasteiger partial charge on any atom is -0.0847 e. The molecule has 132 valence electrons. The first-order chi connectivity index (χ1) is 12.3. The maximum absolute atomic E-state index is 2.68. The molecule has 0 radical (unpaired) electrons. The van der Waals surface area contributed by atoms with E-state index in [1.807, 2.05) is 5.57 Å². The second-order valence-electron chi connectivity index (χ2n) is 12.6. The molecule has 8 bridgehead atoms. The predicted molar refractivity (Wildman–Crippen MR) is 97.4 cm³/mol. The quantitative estimate of drug-likeness (QED) is 0.403. The molecule has 0 aliphatic heterocycles. The Hall–Kier alpha value is -0.260. The molecule has 9 saturated carbocycles. The summed E-state index contributed by atoms with van der Waals surface area (Å²) in [5.41, 5.74) is 2.86. The highest BCUT2D eigenvalue weighted by atomic mass is 14.8. The molecule has 0 aromatic carbocycles. The first kappa shape index (κ1) is 13.0. The summed E-state index contributed by atoms with van der Waals surface area (Å²) in [6.45, 7) is 0. The van der Waals surface area contributed by atoms with Crippen LogP contribution in [-0.2, 0) is 0 Å². The molecule has 10 aliphatic carbocycles. The van der Waals surface area contributed by atoms with Gasteiger partial charge in [0.25, 0.3) is 0 Å². The lowest BCUT2D eigenvalue weighted by atomic mass is 9.35. The Morgan fingerprint density at radius 3 is 2.60 bits per heavy atom. The van der Waals surface area contributed by atoms with Gasteiger partial charge in [-0.3, -0.25) is 0 Å². The molecule has 1 spiro atoms. The molecule has 0 amide bonds. The van der Waals surface area contributed by atoms with E-state index in [4.69, 9.17) is 0 Å². The van der Waals surface area contributed by atoms with Crippen molar-refractivity contribution in [3.63, 3.8) is 0 Å². The van der Waals surface area contributed by atoms with Gasteiger partial charge in [-0.15, -0.1) is 0 Å². The summed E-state index contributed by atoms with van der Waals surface area (Å²) in [6, 6.07) is 0. The SMILES string of the molecule is C1=C2CC(C1)C1C2CC2CC34CC(C21)C3C1CC4C2C3CCC(C3)C12. The molecule has 0 heterocycles. The van der Waals surface area contributed by atoms with Gasteiger partial charge >= 0.3 is 0 Å². The lowest BCUT2D eigenvalue weighted by Gasteiger charge is -2.69. The van der Waals surface area contributed by atoms with E-state index in [1.54, 1.807) is 44.9 Å². The normalized spacial score (nSPS) is 74.6. The summed E-state index contributed by atoms with van der Waals surface area (Å²) in [6.07, 6.45) is 17.4. The van der Waals surface area contributed by atoms with Gasteiger partial charge in [-0.25, -0.2) is 0 Å².